The molecule has 0 aliphatic rings. The highest BCUT2D eigenvalue weighted by Crippen LogP contribution is 2.09. The van der Waals surface area contributed by atoms with E-state index in [9.17, 15) is 68.1 Å². The Kier molecular flexibility index (Phi) is 33.0. The summed E-state index contributed by atoms with van der Waals surface area (Å²) in [6, 6.07) is -13.7. The van der Waals surface area contributed by atoms with Crippen LogP contribution in [0.1, 0.15) is 71.6 Å². The van der Waals surface area contributed by atoms with Gasteiger partial charge in [0.2, 0.25) is 59.1 Å². The topological polar surface area (TPSA) is 552 Å². The van der Waals surface area contributed by atoms with Crippen LogP contribution in [0.25, 0.3) is 0 Å². The Bertz CT molecular complexity index is 1980. The number of nitrogens with one attached hydrogen (secondary N) is 8. The van der Waals surface area contributed by atoms with Gasteiger partial charge >= 0.3 is 5.97 Å². The summed E-state index contributed by atoms with van der Waals surface area (Å²) in [6.45, 7) is 1.71. The Morgan fingerprint density at radius 3 is 1.32 bits per heavy atom. The van der Waals surface area contributed by atoms with Crippen LogP contribution < -0.4 is 82.7 Å². The maximum Gasteiger partial charge on any atom is 0.326 e. The molecule has 25 N–H and O–H groups in total. The molecule has 33 heteroatoms. The van der Waals surface area contributed by atoms with Crippen molar-refractivity contribution < 1.29 is 68.1 Å². The van der Waals surface area contributed by atoms with Crippen LogP contribution in [0.2, 0.25) is 0 Å². The standard InChI is InChI=1S/C41H75N17O14S2/c1-19(31(63)52-24(11-15-73-3)35(67)56-26(39(71)72)8-6-14-50-41(47)48)51-37(69)27(17-29(44)62)57-33(65)23(9-10-28(43)61)54-34(66)25(12-16-74-4)55-38(70)30(20(2)60)58-36(68)22(7-5-13-49-40(45)46)53-32(64)21(42)18-59/h19-27,30,59-60H,5-18,42H2,1-4H3,(H2,43,61)(H2,44,62)(H,51,69)(H,52,63)(H,53,64)(H,54,66)(H,55,70)(H,56,67)(H,57,65)(H,58,68)(H,71,72)(H4,45,46,49)(H4,47,48,50)/t19-,20+,21-,22-,23-,24-,25-,26-,27-,30-/m0/s1. The highest BCUT2D eigenvalue weighted by molar-refractivity contribution is 7.98. The molecule has 0 aromatic rings. The molecule has 0 fully saturated rings. The van der Waals surface area contributed by atoms with Crippen LogP contribution in [0.15, 0.2) is 9.98 Å². The van der Waals surface area contributed by atoms with E-state index in [1.165, 1.54) is 30.4 Å². The van der Waals surface area contributed by atoms with Crippen LogP contribution in [0.3, 0.4) is 0 Å². The molecule has 31 nitrogen and oxygen atoms in total. The lowest BCUT2D eigenvalue weighted by molar-refractivity contribution is -0.142. The summed E-state index contributed by atoms with van der Waals surface area (Å²) in [5, 5.41) is 48.5. The minimum absolute atomic E-state index is 0.0320. The third-order valence-electron chi connectivity index (χ3n) is 10.3. The van der Waals surface area contributed by atoms with Crippen molar-refractivity contribution in [2.24, 2.45) is 50.1 Å². The van der Waals surface area contributed by atoms with Gasteiger partial charge in [0.05, 0.1) is 19.1 Å². The van der Waals surface area contributed by atoms with Crippen molar-refractivity contribution in [3.63, 3.8) is 0 Å². The Hall–Kier alpha value is -6.71. The number of thioether (sulfide) groups is 2. The number of aliphatic carboxylic acids is 1. The number of aliphatic imine (C=N–C) groups is 2. The fourth-order valence-corrected chi connectivity index (χ4v) is 7.23. The van der Waals surface area contributed by atoms with Gasteiger partial charge in [0.15, 0.2) is 11.9 Å². The Morgan fingerprint density at radius 1 is 0.500 bits per heavy atom. The van der Waals surface area contributed by atoms with E-state index < -0.39 is 151 Å². The number of nitrogens with two attached hydrogens (primary N) is 7. The zero-order valence-electron chi connectivity index (χ0n) is 41.8. The molecule has 0 aliphatic carbocycles. The Balaban J connectivity index is 6.44. The van der Waals surface area contributed by atoms with Gasteiger partial charge in [0.1, 0.15) is 54.4 Å². The largest absolute Gasteiger partial charge is 0.480 e. The first-order chi connectivity index (χ1) is 34.7. The number of carbonyl (C=O) groups is 11. The first kappa shape index (κ1) is 67.3. The normalized spacial score (nSPS) is 14.9. The molecule has 0 heterocycles. The molecule has 0 saturated carbocycles. The monoisotopic (exact) mass is 1090 g/mol. The molecule has 0 radical (unpaired) electrons. The molecule has 10 amide bonds. The second-order valence-corrected chi connectivity index (χ2v) is 18.6. The van der Waals surface area contributed by atoms with E-state index in [0.29, 0.717) is 5.75 Å². The Morgan fingerprint density at radius 2 is 0.892 bits per heavy atom. The number of aliphatic hydroxyl groups excluding tert-OH is 2. The highest BCUT2D eigenvalue weighted by Gasteiger charge is 2.36. The number of guanidine groups is 2. The van der Waals surface area contributed by atoms with Gasteiger partial charge in [-0.2, -0.15) is 23.5 Å². The van der Waals surface area contributed by atoms with Crippen LogP contribution >= 0.6 is 23.5 Å². The first-order valence-electron chi connectivity index (χ1n) is 23.0. The maximum atomic E-state index is 13.9. The molecule has 0 saturated heterocycles. The summed E-state index contributed by atoms with van der Waals surface area (Å²) >= 11 is 2.57. The summed E-state index contributed by atoms with van der Waals surface area (Å²) in [6.07, 6.45) is 0.0172. The lowest BCUT2D eigenvalue weighted by Crippen LogP contribution is -2.62. The van der Waals surface area contributed by atoms with Crippen molar-refractivity contribution in [2.45, 2.75) is 132 Å². The summed E-state index contributed by atoms with van der Waals surface area (Å²) in [4.78, 5) is 151. The molecular weight excluding hydrogens is 1020 g/mol. The van der Waals surface area contributed by atoms with Crippen LogP contribution in [-0.4, -0.2) is 196 Å². The minimum atomic E-state index is -1.81. The van der Waals surface area contributed by atoms with Gasteiger partial charge in [0.25, 0.3) is 0 Å². The van der Waals surface area contributed by atoms with E-state index in [-0.39, 0.29) is 69.3 Å². The van der Waals surface area contributed by atoms with Gasteiger partial charge in [-0.05, 0) is 82.8 Å². The zero-order chi connectivity index (χ0) is 56.7. The molecule has 0 aromatic carbocycles. The molecule has 0 rings (SSSR count). The van der Waals surface area contributed by atoms with Crippen LogP contribution in [0.5, 0.6) is 0 Å². The summed E-state index contributed by atoms with van der Waals surface area (Å²) in [5.74, 6) is -11.4. The fourth-order valence-electron chi connectivity index (χ4n) is 6.28. The van der Waals surface area contributed by atoms with Crippen molar-refractivity contribution in [2.75, 3.05) is 43.7 Å². The number of amides is 10. The lowest BCUT2D eigenvalue weighted by atomic mass is 10.1. The number of carboxylic acid groups (broad SMARTS) is 1. The molecule has 0 spiro atoms. The molecule has 10 atom stereocenters. The number of hydrogen-bond donors (Lipinski definition) is 18. The molecular formula is C41H75N17O14S2. The van der Waals surface area contributed by atoms with Crippen molar-refractivity contribution in [3.8, 4) is 0 Å². The van der Waals surface area contributed by atoms with E-state index >= 15 is 0 Å². The van der Waals surface area contributed by atoms with E-state index in [0.717, 1.165) is 6.92 Å². The molecule has 74 heavy (non-hydrogen) atoms. The van der Waals surface area contributed by atoms with Gasteiger partial charge in [-0.1, -0.05) is 0 Å². The summed E-state index contributed by atoms with van der Waals surface area (Å²) in [5.41, 5.74) is 37.6. The van der Waals surface area contributed by atoms with Crippen LogP contribution in [-0.2, 0) is 52.7 Å². The predicted molar refractivity (Wildman–Crippen MR) is 274 cm³/mol. The van der Waals surface area contributed by atoms with Crippen molar-refractivity contribution >= 4 is 100 Å². The van der Waals surface area contributed by atoms with Crippen LogP contribution in [0, 0.1) is 0 Å². The number of primary amides is 2. The summed E-state index contributed by atoms with van der Waals surface area (Å²) in [7, 11) is 0. The number of hydrogen-bond acceptors (Lipinski definition) is 18. The Labute approximate surface area is 435 Å². The SMILES string of the molecule is CSCC[C@H](NC(=O)[C@H](C)NC(=O)[C@H](CC(N)=O)NC(=O)[C@H](CCC(N)=O)NC(=O)[C@H](CCSC)NC(=O)[C@@H](NC(=O)[C@H](CCCN=C(N)N)NC(=O)[C@@H](N)CO)[C@@H](C)O)C(=O)N[C@@H](CCCN=C(N)N)C(=O)O. The number of carboxylic acids is 1. The van der Waals surface area contributed by atoms with Gasteiger partial charge in [0, 0.05) is 19.5 Å². The van der Waals surface area contributed by atoms with Crippen molar-refractivity contribution in [1.29, 1.82) is 0 Å². The quantitative estimate of drug-likeness (QED) is 0.0155. The highest BCUT2D eigenvalue weighted by atomic mass is 32.2. The minimum Gasteiger partial charge on any atom is -0.480 e. The first-order valence-corrected chi connectivity index (χ1v) is 25.8. The van der Waals surface area contributed by atoms with E-state index in [1.807, 2.05) is 0 Å². The smallest absolute Gasteiger partial charge is 0.326 e. The predicted octanol–water partition coefficient (Wildman–Crippen LogP) is -8.58. The average molecular weight is 1090 g/mol. The average Bonchev–Trinajstić information content (AvgIpc) is 3.32. The van der Waals surface area contributed by atoms with Crippen molar-refractivity contribution in [3.05, 3.63) is 0 Å². The van der Waals surface area contributed by atoms with Gasteiger partial charge in [-0.25, -0.2) is 4.79 Å². The van der Waals surface area contributed by atoms with E-state index in [1.54, 1.807) is 12.5 Å². The molecule has 420 valence electrons. The number of nitrogens with zero attached hydrogens (tertiary/aromatic N) is 2. The maximum absolute atomic E-state index is 13.9. The number of carbonyl (C=O) groups excluding carboxylic acids is 10. The van der Waals surface area contributed by atoms with Crippen molar-refractivity contribution in [1.82, 2.24) is 42.5 Å². The summed E-state index contributed by atoms with van der Waals surface area (Å²) < 4.78 is 0. The molecule has 0 bridgehead atoms. The third kappa shape index (κ3) is 27.9. The number of aliphatic hydroxyl groups is 2. The second kappa shape index (κ2) is 36.3. The van der Waals surface area contributed by atoms with Crippen LogP contribution in [0.4, 0.5) is 0 Å². The molecule has 0 aliphatic heterocycles. The third-order valence-corrected chi connectivity index (χ3v) is 11.6. The zero-order valence-corrected chi connectivity index (χ0v) is 43.4. The number of rotatable bonds is 38. The fraction of sp³-hybridized carbons (Fsp3) is 0.683. The van der Waals surface area contributed by atoms with E-state index in [4.69, 9.17) is 40.1 Å². The lowest BCUT2D eigenvalue weighted by Gasteiger charge is -2.28. The van der Waals surface area contributed by atoms with E-state index in [2.05, 4.69) is 52.5 Å². The second-order valence-electron chi connectivity index (χ2n) is 16.6. The molecule has 0 unspecified atom stereocenters. The van der Waals surface area contributed by atoms with Gasteiger partial charge in [-0.3, -0.25) is 57.9 Å². The van der Waals surface area contributed by atoms with Gasteiger partial charge in [-0.15, -0.1) is 0 Å². The van der Waals surface area contributed by atoms with Gasteiger partial charge < -0.3 is 98.0 Å². The molecule has 0 aromatic heterocycles.